The van der Waals surface area contributed by atoms with Crippen LogP contribution in [-0.2, 0) is 17.8 Å². The summed E-state index contributed by atoms with van der Waals surface area (Å²) in [5, 5.41) is 8.87. The van der Waals surface area contributed by atoms with Gasteiger partial charge in [0.1, 0.15) is 24.7 Å². The van der Waals surface area contributed by atoms with E-state index in [-0.39, 0.29) is 19.0 Å². The Hall–Kier alpha value is -2.59. The van der Waals surface area contributed by atoms with Crippen molar-refractivity contribution in [1.29, 1.82) is 0 Å². The molecule has 2 aliphatic rings. The number of Topliss-reactive ketones (excluding diaryl/α,β-unsaturated/α-hetero) is 1. The van der Waals surface area contributed by atoms with Gasteiger partial charge in [-0.25, -0.2) is 0 Å². The monoisotopic (exact) mass is 336 g/mol. The van der Waals surface area contributed by atoms with E-state index in [0.717, 1.165) is 52.0 Å². The Morgan fingerprint density at radius 1 is 1.12 bits per heavy atom. The van der Waals surface area contributed by atoms with Gasteiger partial charge in [0.05, 0.1) is 6.61 Å². The molecule has 0 atom stereocenters. The summed E-state index contributed by atoms with van der Waals surface area (Å²) in [4.78, 5) is 12.1. The molecule has 1 aliphatic carbocycles. The minimum atomic E-state index is -0.0374. The first-order valence-corrected chi connectivity index (χ1v) is 8.56. The van der Waals surface area contributed by atoms with Crippen LogP contribution in [0.5, 0.6) is 5.75 Å². The van der Waals surface area contributed by atoms with Crippen LogP contribution < -0.4 is 4.74 Å². The summed E-state index contributed by atoms with van der Waals surface area (Å²) in [7, 11) is 0. The fourth-order valence-electron chi connectivity index (χ4n) is 3.55. The van der Waals surface area contributed by atoms with Crippen molar-refractivity contribution in [2.24, 2.45) is 0 Å². The Bertz CT molecular complexity index is 866. The Morgan fingerprint density at radius 3 is 2.84 bits per heavy atom. The molecule has 4 nitrogen and oxygen atoms in total. The lowest BCUT2D eigenvalue weighted by atomic mass is 9.86. The second kappa shape index (κ2) is 6.37. The number of carbonyl (C=O) groups excluding carboxylic acids is 1. The SMILES string of the molecule is C=C(OCCO)c1ccc2c(c1)COc1cc3c(cc1-2)CCCC3=O. The van der Waals surface area contributed by atoms with Crippen molar-refractivity contribution in [3.05, 3.63) is 59.2 Å². The second-order valence-corrected chi connectivity index (χ2v) is 6.44. The molecule has 0 bridgehead atoms. The van der Waals surface area contributed by atoms with Crippen molar-refractivity contribution in [3.63, 3.8) is 0 Å². The number of benzene rings is 2. The van der Waals surface area contributed by atoms with Gasteiger partial charge in [-0.05, 0) is 47.7 Å². The number of ether oxygens (including phenoxy) is 2. The van der Waals surface area contributed by atoms with Crippen LogP contribution in [0.4, 0.5) is 0 Å². The number of carbonyl (C=O) groups is 1. The zero-order valence-corrected chi connectivity index (χ0v) is 14.0. The molecule has 0 saturated heterocycles. The van der Waals surface area contributed by atoms with E-state index in [2.05, 4.69) is 18.7 Å². The minimum Gasteiger partial charge on any atom is -0.491 e. The lowest BCUT2D eigenvalue weighted by Gasteiger charge is -2.25. The van der Waals surface area contributed by atoms with E-state index < -0.39 is 0 Å². The molecule has 25 heavy (non-hydrogen) atoms. The van der Waals surface area contributed by atoms with Crippen molar-refractivity contribution in [2.45, 2.75) is 25.9 Å². The summed E-state index contributed by atoms with van der Waals surface area (Å²) < 4.78 is 11.3. The van der Waals surface area contributed by atoms with Crippen molar-refractivity contribution in [1.82, 2.24) is 0 Å². The summed E-state index contributed by atoms with van der Waals surface area (Å²) in [5.74, 6) is 1.54. The summed E-state index contributed by atoms with van der Waals surface area (Å²) in [6.07, 6.45) is 2.48. The number of rotatable bonds is 4. The molecule has 0 radical (unpaired) electrons. The highest BCUT2D eigenvalue weighted by Gasteiger charge is 2.24. The Kier molecular flexibility index (Phi) is 4.06. The Labute approximate surface area is 146 Å². The Morgan fingerprint density at radius 2 is 2.00 bits per heavy atom. The molecule has 1 aliphatic heterocycles. The lowest BCUT2D eigenvalue weighted by molar-refractivity contribution is 0.0972. The van der Waals surface area contributed by atoms with Crippen molar-refractivity contribution in [3.8, 4) is 16.9 Å². The molecule has 0 amide bonds. The number of hydrogen-bond donors (Lipinski definition) is 1. The smallest absolute Gasteiger partial charge is 0.163 e. The highest BCUT2D eigenvalue weighted by molar-refractivity contribution is 6.00. The van der Waals surface area contributed by atoms with E-state index in [1.54, 1.807) is 0 Å². The highest BCUT2D eigenvalue weighted by Crippen LogP contribution is 2.41. The van der Waals surface area contributed by atoms with E-state index in [9.17, 15) is 4.79 Å². The number of aryl methyl sites for hydroxylation is 1. The first-order valence-electron chi connectivity index (χ1n) is 8.56. The summed E-state index contributed by atoms with van der Waals surface area (Å²) >= 11 is 0. The summed E-state index contributed by atoms with van der Waals surface area (Å²) in [5.41, 5.74) is 6.05. The van der Waals surface area contributed by atoms with Crippen LogP contribution in [0.15, 0.2) is 36.9 Å². The second-order valence-electron chi connectivity index (χ2n) is 6.44. The molecule has 2 aromatic carbocycles. The first-order chi connectivity index (χ1) is 12.2. The maximum Gasteiger partial charge on any atom is 0.163 e. The van der Waals surface area contributed by atoms with Gasteiger partial charge < -0.3 is 14.6 Å². The molecular weight excluding hydrogens is 316 g/mol. The highest BCUT2D eigenvalue weighted by atomic mass is 16.5. The maximum atomic E-state index is 12.1. The van der Waals surface area contributed by atoms with E-state index in [1.165, 1.54) is 0 Å². The van der Waals surface area contributed by atoms with Gasteiger partial charge in [-0.15, -0.1) is 0 Å². The van der Waals surface area contributed by atoms with Gasteiger partial charge in [-0.1, -0.05) is 18.7 Å². The molecule has 0 spiro atoms. The molecule has 4 rings (SSSR count). The third-order valence-corrected chi connectivity index (χ3v) is 4.82. The van der Waals surface area contributed by atoms with Gasteiger partial charge in [0.15, 0.2) is 5.78 Å². The van der Waals surface area contributed by atoms with Crippen molar-refractivity contribution >= 4 is 11.5 Å². The number of hydrogen-bond acceptors (Lipinski definition) is 4. The zero-order valence-electron chi connectivity index (χ0n) is 14.0. The van der Waals surface area contributed by atoms with Gasteiger partial charge >= 0.3 is 0 Å². The number of aliphatic hydroxyl groups excluding tert-OH is 1. The molecule has 128 valence electrons. The molecule has 1 heterocycles. The zero-order chi connectivity index (χ0) is 17.4. The van der Waals surface area contributed by atoms with Gasteiger partial charge in [-0.3, -0.25) is 4.79 Å². The summed E-state index contributed by atoms with van der Waals surface area (Å²) in [6.45, 7) is 4.56. The topological polar surface area (TPSA) is 55.8 Å². The molecular formula is C21H20O4. The van der Waals surface area contributed by atoms with Crippen LogP contribution in [0.2, 0.25) is 0 Å². The normalized spacial score (nSPS) is 14.8. The van der Waals surface area contributed by atoms with E-state index in [1.807, 2.05) is 18.2 Å². The van der Waals surface area contributed by atoms with Crippen LogP contribution >= 0.6 is 0 Å². The molecule has 1 N–H and O–H groups in total. The molecule has 0 fully saturated rings. The number of aliphatic hydroxyl groups is 1. The summed E-state index contributed by atoms with van der Waals surface area (Å²) in [6, 6.07) is 10.1. The molecule has 0 aromatic heterocycles. The Balaban J connectivity index is 1.72. The lowest BCUT2D eigenvalue weighted by Crippen LogP contribution is -2.13. The molecule has 4 heteroatoms. The predicted molar refractivity (Wildman–Crippen MR) is 95.6 cm³/mol. The quantitative estimate of drug-likeness (QED) is 0.864. The van der Waals surface area contributed by atoms with E-state index in [4.69, 9.17) is 14.6 Å². The van der Waals surface area contributed by atoms with Gasteiger partial charge in [0.25, 0.3) is 0 Å². The van der Waals surface area contributed by atoms with Crippen LogP contribution in [0, 0.1) is 0 Å². The predicted octanol–water partition coefficient (Wildman–Crippen LogP) is 3.74. The molecule has 0 saturated carbocycles. The minimum absolute atomic E-state index is 0.0374. The fraction of sp³-hybridized carbons (Fsp3) is 0.286. The molecule has 0 unspecified atom stereocenters. The van der Waals surface area contributed by atoms with Crippen LogP contribution in [0.25, 0.3) is 16.9 Å². The fourth-order valence-corrected chi connectivity index (χ4v) is 3.55. The first kappa shape index (κ1) is 15.9. The standard InChI is InChI=1S/C21H20O4/c1-13(24-8-7-22)14-5-6-17-16(9-14)12-25-21-11-18-15(10-19(17)21)3-2-4-20(18)23/h5-6,9-11,22H,1-4,7-8,12H2. The molecule has 2 aromatic rings. The van der Waals surface area contributed by atoms with Gasteiger partial charge in [0.2, 0.25) is 0 Å². The van der Waals surface area contributed by atoms with Crippen molar-refractivity contribution in [2.75, 3.05) is 13.2 Å². The third-order valence-electron chi connectivity index (χ3n) is 4.82. The number of fused-ring (bicyclic) bond motifs is 4. The van der Waals surface area contributed by atoms with Crippen LogP contribution in [0.3, 0.4) is 0 Å². The van der Waals surface area contributed by atoms with Crippen molar-refractivity contribution < 1.29 is 19.4 Å². The average molecular weight is 336 g/mol. The van der Waals surface area contributed by atoms with Gasteiger partial charge in [-0.2, -0.15) is 0 Å². The van der Waals surface area contributed by atoms with Crippen LogP contribution in [-0.4, -0.2) is 24.1 Å². The van der Waals surface area contributed by atoms with Crippen LogP contribution in [0.1, 0.15) is 39.9 Å². The van der Waals surface area contributed by atoms with E-state index >= 15 is 0 Å². The maximum absolute atomic E-state index is 12.1. The van der Waals surface area contributed by atoms with E-state index in [0.29, 0.717) is 18.8 Å². The number of ketones is 1. The van der Waals surface area contributed by atoms with Gasteiger partial charge in [0, 0.05) is 23.1 Å². The largest absolute Gasteiger partial charge is 0.491 e. The third kappa shape index (κ3) is 2.83. The average Bonchev–Trinajstić information content (AvgIpc) is 2.64.